The highest BCUT2D eigenvalue weighted by Gasteiger charge is 2.36. The van der Waals surface area contributed by atoms with Crippen LogP contribution < -0.4 is 0 Å². The minimum Gasteiger partial charge on any atom is -0.465 e. The van der Waals surface area contributed by atoms with Crippen molar-refractivity contribution in [2.24, 2.45) is 11.3 Å². The lowest BCUT2D eigenvalue weighted by molar-refractivity contribution is -0.159. The number of carbonyl (C=O) groups excluding carboxylic acids is 3. The number of hydrogen-bond donors (Lipinski definition) is 0. The van der Waals surface area contributed by atoms with Gasteiger partial charge < -0.3 is 14.4 Å². The molecule has 6 nitrogen and oxygen atoms in total. The van der Waals surface area contributed by atoms with Crippen LogP contribution in [0.15, 0.2) is 0 Å². The number of nitrogens with zero attached hydrogens (tertiary/aromatic N) is 1. The summed E-state index contributed by atoms with van der Waals surface area (Å²) in [7, 11) is 0. The van der Waals surface area contributed by atoms with Crippen LogP contribution in [0.3, 0.4) is 0 Å². The van der Waals surface area contributed by atoms with E-state index in [-0.39, 0.29) is 24.5 Å². The summed E-state index contributed by atoms with van der Waals surface area (Å²) in [5, 5.41) is 0. The Bertz CT molecular complexity index is 579. The number of hydrogen-bond acceptors (Lipinski definition) is 5. The predicted molar refractivity (Wildman–Crippen MR) is 132 cm³/mol. The Balaban J connectivity index is 2.19. The normalized spacial score (nSPS) is 16.5. The standard InChI is InChI=1S/C27H49NO5/c1-5-7-8-9-10-11-12-13-14-15-20-33-26(31)27(4,6-2)22-23(3)25(30)32-21-19-28-18-16-17-24(28)29/h23H,5-22H2,1-4H3. The van der Waals surface area contributed by atoms with Crippen molar-refractivity contribution in [2.75, 3.05) is 26.3 Å². The topological polar surface area (TPSA) is 72.9 Å². The van der Waals surface area contributed by atoms with E-state index < -0.39 is 11.3 Å². The van der Waals surface area contributed by atoms with Gasteiger partial charge in [-0.3, -0.25) is 14.4 Å². The van der Waals surface area contributed by atoms with Gasteiger partial charge in [-0.15, -0.1) is 0 Å². The van der Waals surface area contributed by atoms with Crippen molar-refractivity contribution >= 4 is 17.8 Å². The van der Waals surface area contributed by atoms with Crippen molar-refractivity contribution in [3.8, 4) is 0 Å². The molecule has 1 aliphatic heterocycles. The van der Waals surface area contributed by atoms with Crippen LogP contribution in [0.25, 0.3) is 0 Å². The predicted octanol–water partition coefficient (Wildman–Crippen LogP) is 6.06. The van der Waals surface area contributed by atoms with E-state index in [1.807, 2.05) is 13.8 Å². The molecule has 1 heterocycles. The number of likely N-dealkylation sites (tertiary alicyclic amines) is 1. The maximum absolute atomic E-state index is 12.7. The Labute approximate surface area is 202 Å². The molecular weight excluding hydrogens is 418 g/mol. The van der Waals surface area contributed by atoms with Crippen LogP contribution in [0.4, 0.5) is 0 Å². The molecule has 6 heteroatoms. The number of ether oxygens (including phenoxy) is 2. The first-order chi connectivity index (χ1) is 15.8. The van der Waals surface area contributed by atoms with Crippen molar-refractivity contribution in [1.29, 1.82) is 0 Å². The average Bonchev–Trinajstić information content (AvgIpc) is 3.21. The molecule has 0 bridgehead atoms. The Kier molecular flexibility index (Phi) is 15.1. The monoisotopic (exact) mass is 467 g/mol. The van der Waals surface area contributed by atoms with Gasteiger partial charge in [0.2, 0.25) is 5.91 Å². The fourth-order valence-corrected chi connectivity index (χ4v) is 4.40. The fraction of sp³-hybridized carbons (Fsp3) is 0.889. The third-order valence-corrected chi connectivity index (χ3v) is 6.94. The van der Waals surface area contributed by atoms with E-state index in [0.29, 0.717) is 32.4 Å². The van der Waals surface area contributed by atoms with E-state index in [2.05, 4.69) is 6.92 Å². The van der Waals surface area contributed by atoms with Gasteiger partial charge in [-0.05, 0) is 32.6 Å². The lowest BCUT2D eigenvalue weighted by Gasteiger charge is -2.28. The molecule has 2 atom stereocenters. The second-order valence-corrected chi connectivity index (χ2v) is 9.99. The summed E-state index contributed by atoms with van der Waals surface area (Å²) in [6.45, 7) is 9.72. The largest absolute Gasteiger partial charge is 0.465 e. The molecule has 0 spiro atoms. The van der Waals surface area contributed by atoms with Gasteiger partial charge in [0.15, 0.2) is 0 Å². The molecule has 0 N–H and O–H groups in total. The highest BCUT2D eigenvalue weighted by molar-refractivity contribution is 5.79. The smallest absolute Gasteiger partial charge is 0.311 e. The summed E-state index contributed by atoms with van der Waals surface area (Å²) < 4.78 is 10.9. The van der Waals surface area contributed by atoms with Gasteiger partial charge in [0.1, 0.15) is 6.61 Å². The first-order valence-electron chi connectivity index (χ1n) is 13.5. The van der Waals surface area contributed by atoms with E-state index >= 15 is 0 Å². The highest BCUT2D eigenvalue weighted by atomic mass is 16.5. The fourth-order valence-electron chi connectivity index (χ4n) is 4.40. The van der Waals surface area contributed by atoms with Gasteiger partial charge in [0.05, 0.1) is 24.5 Å². The molecule has 1 rings (SSSR count). The van der Waals surface area contributed by atoms with E-state index in [1.165, 1.54) is 51.4 Å². The summed E-state index contributed by atoms with van der Waals surface area (Å²) in [6.07, 6.45) is 14.9. The van der Waals surface area contributed by atoms with Crippen molar-refractivity contribution in [1.82, 2.24) is 4.90 Å². The second kappa shape index (κ2) is 16.9. The molecule has 0 aromatic rings. The Hall–Kier alpha value is -1.59. The molecule has 0 aromatic heterocycles. The Morgan fingerprint density at radius 1 is 0.939 bits per heavy atom. The molecule has 1 fully saturated rings. The summed E-state index contributed by atoms with van der Waals surface area (Å²) in [4.78, 5) is 38.5. The van der Waals surface area contributed by atoms with E-state index in [9.17, 15) is 14.4 Å². The van der Waals surface area contributed by atoms with Crippen molar-refractivity contribution in [2.45, 2.75) is 118 Å². The molecule has 0 saturated carbocycles. The van der Waals surface area contributed by atoms with Gasteiger partial charge in [0.25, 0.3) is 0 Å². The number of rotatable bonds is 19. The van der Waals surface area contributed by atoms with Gasteiger partial charge in [-0.1, -0.05) is 78.6 Å². The summed E-state index contributed by atoms with van der Waals surface area (Å²) in [5.41, 5.74) is -0.693. The van der Waals surface area contributed by atoms with E-state index in [0.717, 1.165) is 25.8 Å². The number of esters is 2. The van der Waals surface area contributed by atoms with Crippen LogP contribution >= 0.6 is 0 Å². The maximum atomic E-state index is 12.7. The van der Waals surface area contributed by atoms with E-state index in [4.69, 9.17) is 9.47 Å². The molecule has 1 saturated heterocycles. The van der Waals surface area contributed by atoms with Crippen LogP contribution in [0.1, 0.15) is 118 Å². The molecule has 2 unspecified atom stereocenters. The second-order valence-electron chi connectivity index (χ2n) is 9.99. The zero-order valence-electron chi connectivity index (χ0n) is 21.8. The molecular formula is C27H49NO5. The number of carbonyl (C=O) groups is 3. The molecule has 1 aliphatic rings. The number of amides is 1. The molecule has 1 amide bonds. The van der Waals surface area contributed by atoms with Crippen molar-refractivity contribution in [3.63, 3.8) is 0 Å². The summed E-state index contributed by atoms with van der Waals surface area (Å²) >= 11 is 0. The summed E-state index contributed by atoms with van der Waals surface area (Å²) in [5.74, 6) is -0.802. The highest BCUT2D eigenvalue weighted by Crippen LogP contribution is 2.32. The lowest BCUT2D eigenvalue weighted by atomic mass is 9.79. The van der Waals surface area contributed by atoms with Gasteiger partial charge in [-0.25, -0.2) is 0 Å². The Morgan fingerprint density at radius 3 is 2.09 bits per heavy atom. The zero-order chi connectivity index (χ0) is 24.5. The van der Waals surface area contributed by atoms with Gasteiger partial charge in [-0.2, -0.15) is 0 Å². The number of unbranched alkanes of at least 4 members (excludes halogenated alkanes) is 9. The van der Waals surface area contributed by atoms with Crippen molar-refractivity contribution < 1.29 is 23.9 Å². The van der Waals surface area contributed by atoms with E-state index in [1.54, 1.807) is 11.8 Å². The van der Waals surface area contributed by atoms with Gasteiger partial charge in [0, 0.05) is 13.0 Å². The first-order valence-corrected chi connectivity index (χ1v) is 13.5. The zero-order valence-corrected chi connectivity index (χ0v) is 21.8. The quantitative estimate of drug-likeness (QED) is 0.171. The van der Waals surface area contributed by atoms with Crippen molar-refractivity contribution in [3.05, 3.63) is 0 Å². The van der Waals surface area contributed by atoms with Crippen LogP contribution in [0.2, 0.25) is 0 Å². The lowest BCUT2D eigenvalue weighted by Crippen LogP contribution is -2.34. The maximum Gasteiger partial charge on any atom is 0.311 e. The first kappa shape index (κ1) is 29.4. The minimum absolute atomic E-state index is 0.128. The molecule has 0 aliphatic carbocycles. The third-order valence-electron chi connectivity index (χ3n) is 6.94. The SMILES string of the molecule is CCCCCCCCCCCCOC(=O)C(C)(CC)CC(C)C(=O)OCCN1CCCC1=O. The Morgan fingerprint density at radius 2 is 1.55 bits per heavy atom. The van der Waals surface area contributed by atoms with Crippen LogP contribution in [-0.4, -0.2) is 49.0 Å². The minimum atomic E-state index is -0.693. The summed E-state index contributed by atoms with van der Waals surface area (Å²) in [6, 6.07) is 0. The molecule has 0 aromatic carbocycles. The third kappa shape index (κ3) is 11.9. The average molecular weight is 468 g/mol. The molecule has 192 valence electrons. The van der Waals surface area contributed by atoms with Gasteiger partial charge >= 0.3 is 11.9 Å². The molecule has 0 radical (unpaired) electrons. The van der Waals surface area contributed by atoms with Crippen LogP contribution in [0, 0.1) is 11.3 Å². The van der Waals surface area contributed by atoms with Crippen LogP contribution in [-0.2, 0) is 23.9 Å². The molecule has 33 heavy (non-hydrogen) atoms. The van der Waals surface area contributed by atoms with Crippen LogP contribution in [0.5, 0.6) is 0 Å².